The number of hydrogen-bond acceptors (Lipinski definition) is 5. The predicted octanol–water partition coefficient (Wildman–Crippen LogP) is 10.1. The molecular formula is C54H43N2O4+. The summed E-state index contributed by atoms with van der Waals surface area (Å²) < 4.78 is 22.6. The zero-order chi connectivity index (χ0) is 41.0. The molecule has 0 unspecified atom stereocenters. The van der Waals surface area contributed by atoms with Gasteiger partial charge in [0, 0.05) is 21.9 Å². The van der Waals surface area contributed by atoms with Gasteiger partial charge in [0.25, 0.3) is 0 Å². The molecule has 0 aliphatic carbocycles. The Morgan fingerprint density at radius 2 is 0.733 bits per heavy atom. The average molecular weight is 784 g/mol. The van der Waals surface area contributed by atoms with Crippen LogP contribution in [-0.2, 0) is 0 Å². The molecule has 9 rings (SSSR count). The Hall–Kier alpha value is -7.70. The maximum absolute atomic E-state index is 5.84. The van der Waals surface area contributed by atoms with Crippen molar-refractivity contribution in [2.24, 2.45) is 0 Å². The molecule has 0 saturated carbocycles. The van der Waals surface area contributed by atoms with Gasteiger partial charge in [0.1, 0.15) is 34.2 Å². The molecule has 0 amide bonds. The highest BCUT2D eigenvalue weighted by Crippen LogP contribution is 2.33. The summed E-state index contributed by atoms with van der Waals surface area (Å²) in [5.74, 6) is 3.12. The van der Waals surface area contributed by atoms with Crippen molar-refractivity contribution in [3.63, 3.8) is 0 Å². The lowest BCUT2D eigenvalue weighted by atomic mass is 9.88. The molecular weight excluding hydrogens is 741 g/mol. The van der Waals surface area contributed by atoms with Crippen molar-refractivity contribution >= 4 is 33.0 Å². The number of aromatic nitrogens is 2. The minimum Gasteiger partial charge on any atom is -0.497 e. The highest BCUT2D eigenvalue weighted by Gasteiger charge is 2.26. The first-order valence-corrected chi connectivity index (χ1v) is 19.8. The number of nitrogens with zero attached hydrogens (tertiary/aromatic N) is 1. The first-order chi connectivity index (χ1) is 29.6. The van der Waals surface area contributed by atoms with Gasteiger partial charge in [-0.15, -0.1) is 0 Å². The Morgan fingerprint density at radius 1 is 0.383 bits per heavy atom. The van der Waals surface area contributed by atoms with Gasteiger partial charge >= 0.3 is 0 Å². The van der Waals surface area contributed by atoms with E-state index in [2.05, 4.69) is 126 Å². The molecule has 0 saturated heterocycles. The molecule has 6 heteroatoms. The molecule has 292 valence electrons. The fourth-order valence-electron chi connectivity index (χ4n) is 8.08. The Morgan fingerprint density at radius 3 is 1.13 bits per heavy atom. The molecule has 0 aliphatic heterocycles. The van der Waals surface area contributed by atoms with E-state index < -0.39 is 0 Å². The largest absolute Gasteiger partial charge is 0.497 e. The summed E-state index contributed by atoms with van der Waals surface area (Å²) >= 11 is 0. The van der Waals surface area contributed by atoms with Crippen molar-refractivity contribution in [3.8, 4) is 45.5 Å². The molecule has 1 aromatic heterocycles. The van der Waals surface area contributed by atoms with Gasteiger partial charge in [-0.05, 0) is 99.3 Å². The lowest BCUT2D eigenvalue weighted by Crippen LogP contribution is -2.29. The fraction of sp³-hybridized carbons (Fsp3) is 0.0741. The third-order valence-corrected chi connectivity index (χ3v) is 11.0. The van der Waals surface area contributed by atoms with E-state index in [0.717, 1.165) is 111 Å². The van der Waals surface area contributed by atoms with E-state index in [1.54, 1.807) is 28.4 Å². The van der Waals surface area contributed by atoms with Gasteiger partial charge < -0.3 is 18.9 Å². The highest BCUT2D eigenvalue weighted by molar-refractivity contribution is 6.04. The van der Waals surface area contributed by atoms with Gasteiger partial charge in [0.05, 0.1) is 33.7 Å². The smallest absolute Gasteiger partial charge is 0.239 e. The third-order valence-electron chi connectivity index (χ3n) is 11.0. The van der Waals surface area contributed by atoms with Crippen LogP contribution in [0.15, 0.2) is 182 Å². The average Bonchev–Trinajstić information content (AvgIpc) is 3.33. The van der Waals surface area contributed by atoms with Gasteiger partial charge in [-0.25, -0.2) is 9.97 Å². The molecule has 0 atom stereocenters. The van der Waals surface area contributed by atoms with Crippen LogP contribution in [-0.4, -0.2) is 33.4 Å². The van der Waals surface area contributed by atoms with Crippen molar-refractivity contribution in [1.29, 1.82) is 0 Å². The Balaban J connectivity index is 1.60. The summed E-state index contributed by atoms with van der Waals surface area (Å²) in [4.78, 5) is 9.93. The number of rotatable bonds is 10. The Kier molecular flexibility index (Phi) is 10.5. The molecule has 0 radical (unpaired) electrons. The summed E-state index contributed by atoms with van der Waals surface area (Å²) in [5.41, 5.74) is 11.6. The zero-order valence-corrected chi connectivity index (χ0v) is 33.9. The quantitative estimate of drug-likeness (QED) is 0.129. The van der Waals surface area contributed by atoms with Crippen LogP contribution in [0.3, 0.4) is 0 Å². The van der Waals surface area contributed by atoms with E-state index in [0.29, 0.717) is 0 Å². The van der Waals surface area contributed by atoms with E-state index in [9.17, 15) is 0 Å². The second kappa shape index (κ2) is 16.6. The number of benzene rings is 8. The normalized spacial score (nSPS) is 11.0. The second-order valence-electron chi connectivity index (χ2n) is 14.4. The van der Waals surface area contributed by atoms with Crippen LogP contribution in [0, 0.1) is 0 Å². The van der Waals surface area contributed by atoms with E-state index in [1.165, 1.54) is 0 Å². The molecule has 1 N–H and O–H groups in total. The van der Waals surface area contributed by atoms with Gasteiger partial charge in [-0.2, -0.15) is 0 Å². The number of methoxy groups -OCH3 is 4. The van der Waals surface area contributed by atoms with E-state index in [1.807, 2.05) is 60.7 Å². The molecule has 6 nitrogen and oxygen atoms in total. The number of H-pyrrole nitrogens is 1. The topological polar surface area (TPSA) is 64.0 Å². The van der Waals surface area contributed by atoms with Crippen LogP contribution in [0.2, 0.25) is 0 Å². The van der Waals surface area contributed by atoms with Crippen molar-refractivity contribution in [1.82, 2.24) is 4.98 Å². The molecule has 0 spiro atoms. The van der Waals surface area contributed by atoms with E-state index in [-0.39, 0.29) is 0 Å². The highest BCUT2D eigenvalue weighted by atomic mass is 16.5. The monoisotopic (exact) mass is 783 g/mol. The molecule has 0 fully saturated rings. The Bertz CT molecular complexity index is 2760. The molecule has 60 heavy (non-hydrogen) atoms. The van der Waals surface area contributed by atoms with Crippen molar-refractivity contribution in [2.45, 2.75) is 0 Å². The summed E-state index contributed by atoms with van der Waals surface area (Å²) in [5, 5.41) is 4.13. The van der Waals surface area contributed by atoms with Crippen molar-refractivity contribution < 1.29 is 23.9 Å². The number of fused-ring (bicyclic) bond motifs is 2. The van der Waals surface area contributed by atoms with Crippen LogP contribution in [0.25, 0.3) is 55.5 Å². The number of nitrogens with one attached hydrogen (secondary N) is 1. The van der Waals surface area contributed by atoms with Crippen LogP contribution >= 0.6 is 0 Å². The van der Waals surface area contributed by atoms with E-state index >= 15 is 0 Å². The van der Waals surface area contributed by atoms with Gasteiger partial charge in [-0.1, -0.05) is 121 Å². The first-order valence-electron chi connectivity index (χ1n) is 19.8. The lowest BCUT2D eigenvalue weighted by molar-refractivity contribution is -0.331. The number of aromatic amines is 1. The SMILES string of the molecule is COc1ccc(C(c2ccc(OC)cc2)=c2c3ccccc3c(=C(c3ccc(OC)cc3)c3ccc(OC)cc3)c3[nH+]c(-c4ccccc4)c(-c4ccccc4)nc23)cc1. The van der Waals surface area contributed by atoms with Gasteiger partial charge in [0.15, 0.2) is 0 Å². The second-order valence-corrected chi connectivity index (χ2v) is 14.4. The zero-order valence-electron chi connectivity index (χ0n) is 33.9. The summed E-state index contributed by atoms with van der Waals surface area (Å²) in [6, 6.07) is 62.7. The number of hydrogen-bond donors (Lipinski definition) is 0. The van der Waals surface area contributed by atoms with Crippen LogP contribution in [0.4, 0.5) is 0 Å². The third kappa shape index (κ3) is 7.09. The van der Waals surface area contributed by atoms with Crippen molar-refractivity contribution in [2.75, 3.05) is 28.4 Å². The fourth-order valence-corrected chi connectivity index (χ4v) is 8.08. The maximum Gasteiger partial charge on any atom is 0.239 e. The first kappa shape index (κ1) is 37.9. The molecule has 0 aliphatic rings. The molecule has 9 aromatic rings. The lowest BCUT2D eigenvalue weighted by Gasteiger charge is -2.16. The number of ether oxygens (including phenoxy) is 4. The van der Waals surface area contributed by atoms with Crippen LogP contribution in [0.5, 0.6) is 23.0 Å². The van der Waals surface area contributed by atoms with Crippen LogP contribution < -0.4 is 34.4 Å². The summed E-state index contributed by atoms with van der Waals surface area (Å²) in [6.07, 6.45) is 0. The molecule has 1 heterocycles. The minimum absolute atomic E-state index is 0.779. The maximum atomic E-state index is 5.84. The van der Waals surface area contributed by atoms with E-state index in [4.69, 9.17) is 23.9 Å². The summed E-state index contributed by atoms with van der Waals surface area (Å²) in [7, 11) is 6.77. The standard InChI is InChI=1S/C54H42N2O4/c1-57-41-27-19-35(20-28-41)47(36-21-29-42(58-2)30-22-36)49-45-17-11-12-18-46(45)50(48(37-23-31-43(59-3)32-24-37)38-25-33-44(60-4)34-26-38)54-53(49)55-51(39-13-7-5-8-14-39)52(56-54)40-15-9-6-10-16-40/h5-34H,1-4H3/p+1. The summed E-state index contributed by atoms with van der Waals surface area (Å²) in [6.45, 7) is 0. The molecule has 8 aromatic carbocycles. The minimum atomic E-state index is 0.779. The van der Waals surface area contributed by atoms with Crippen molar-refractivity contribution in [3.05, 3.63) is 215 Å². The predicted molar refractivity (Wildman–Crippen MR) is 241 cm³/mol. The Labute approximate surface area is 349 Å². The van der Waals surface area contributed by atoms with Gasteiger partial charge in [0.2, 0.25) is 11.2 Å². The van der Waals surface area contributed by atoms with Crippen LogP contribution in [0.1, 0.15) is 22.3 Å². The molecule has 0 bridgehead atoms. The van der Waals surface area contributed by atoms with Gasteiger partial charge in [-0.3, -0.25) is 0 Å².